The Balaban J connectivity index is 3.11. The van der Waals surface area contributed by atoms with Gasteiger partial charge in [-0.2, -0.15) is 0 Å². The predicted molar refractivity (Wildman–Crippen MR) is 81.1 cm³/mol. The van der Waals surface area contributed by atoms with Crippen molar-refractivity contribution < 1.29 is 9.90 Å². The molecule has 2 nitrogen and oxygen atoms in total. The molecule has 0 heterocycles. The smallest absolute Gasteiger partial charge is 0.303 e. The molecule has 0 bridgehead atoms. The minimum atomic E-state index is -0.676. The summed E-state index contributed by atoms with van der Waals surface area (Å²) in [6.45, 7) is 2.24. The molecule has 0 radical (unpaired) electrons. The number of rotatable bonds is 12. The second-order valence-electron chi connectivity index (χ2n) is 5.18. The fourth-order valence-corrected chi connectivity index (χ4v) is 2.01. The minimum Gasteiger partial charge on any atom is -0.481 e. The van der Waals surface area contributed by atoms with Gasteiger partial charge in [0, 0.05) is 19.3 Å². The van der Waals surface area contributed by atoms with Crippen molar-refractivity contribution in [3.8, 4) is 11.8 Å². The lowest BCUT2D eigenvalue weighted by Crippen LogP contribution is -1.93. The van der Waals surface area contributed by atoms with Gasteiger partial charge < -0.3 is 5.11 Å². The van der Waals surface area contributed by atoms with Crippen molar-refractivity contribution in [3.05, 3.63) is 0 Å². The van der Waals surface area contributed by atoms with E-state index in [-0.39, 0.29) is 0 Å². The third kappa shape index (κ3) is 17.0. The van der Waals surface area contributed by atoms with Gasteiger partial charge in [0.1, 0.15) is 0 Å². The van der Waals surface area contributed by atoms with Crippen molar-refractivity contribution >= 4 is 5.97 Å². The third-order valence-corrected chi connectivity index (χ3v) is 3.22. The molecule has 0 saturated heterocycles. The maximum absolute atomic E-state index is 10.3. The van der Waals surface area contributed by atoms with Crippen LogP contribution in [-0.2, 0) is 4.79 Å². The highest BCUT2D eigenvalue weighted by Crippen LogP contribution is 2.07. The summed E-state index contributed by atoms with van der Waals surface area (Å²) >= 11 is 0. The first-order valence-corrected chi connectivity index (χ1v) is 7.95. The van der Waals surface area contributed by atoms with Crippen LogP contribution in [0.5, 0.6) is 0 Å². The van der Waals surface area contributed by atoms with Crippen molar-refractivity contribution in [2.24, 2.45) is 0 Å². The third-order valence-electron chi connectivity index (χ3n) is 3.22. The van der Waals surface area contributed by atoms with E-state index in [1.807, 2.05) is 0 Å². The molecule has 0 atom stereocenters. The zero-order valence-corrected chi connectivity index (χ0v) is 12.5. The lowest BCUT2D eigenvalue weighted by molar-refractivity contribution is -0.137. The van der Waals surface area contributed by atoms with Gasteiger partial charge in [0.05, 0.1) is 0 Å². The second-order valence-corrected chi connectivity index (χ2v) is 5.18. The van der Waals surface area contributed by atoms with Crippen LogP contribution >= 0.6 is 0 Å². The fourth-order valence-electron chi connectivity index (χ4n) is 2.01. The molecule has 0 unspecified atom stereocenters. The Morgan fingerprint density at radius 1 is 0.789 bits per heavy atom. The Hall–Kier alpha value is -0.970. The summed E-state index contributed by atoms with van der Waals surface area (Å²) in [7, 11) is 0. The Labute approximate surface area is 119 Å². The summed E-state index contributed by atoms with van der Waals surface area (Å²) in [6, 6.07) is 0. The van der Waals surface area contributed by atoms with Crippen molar-refractivity contribution in [2.45, 2.75) is 90.4 Å². The highest BCUT2D eigenvalue weighted by molar-refractivity contribution is 5.66. The molecule has 0 rings (SSSR count). The molecule has 0 aliphatic rings. The molecule has 0 aromatic carbocycles. The maximum Gasteiger partial charge on any atom is 0.303 e. The molecule has 0 aromatic heterocycles. The summed E-state index contributed by atoms with van der Waals surface area (Å²) in [4.78, 5) is 10.3. The van der Waals surface area contributed by atoms with Crippen LogP contribution in [0.15, 0.2) is 0 Å². The van der Waals surface area contributed by atoms with Crippen LogP contribution in [0.25, 0.3) is 0 Å². The number of hydrogen-bond donors (Lipinski definition) is 1. The summed E-state index contributed by atoms with van der Waals surface area (Å²) in [5.74, 6) is 5.82. The van der Waals surface area contributed by atoms with Crippen LogP contribution in [0.3, 0.4) is 0 Å². The first kappa shape index (κ1) is 18.0. The van der Waals surface area contributed by atoms with E-state index in [4.69, 9.17) is 5.11 Å². The zero-order chi connectivity index (χ0) is 14.2. The van der Waals surface area contributed by atoms with E-state index in [0.29, 0.717) is 6.42 Å². The molecule has 0 aliphatic carbocycles. The number of unbranched alkanes of at least 4 members (excludes halogenated alkanes) is 10. The zero-order valence-electron chi connectivity index (χ0n) is 12.5. The van der Waals surface area contributed by atoms with Gasteiger partial charge in [-0.05, 0) is 19.3 Å². The maximum atomic E-state index is 10.3. The van der Waals surface area contributed by atoms with E-state index in [9.17, 15) is 4.79 Å². The van der Waals surface area contributed by atoms with Crippen LogP contribution in [0.2, 0.25) is 0 Å². The number of carboxylic acid groups (broad SMARTS) is 1. The number of aliphatic carboxylic acids is 1. The van der Waals surface area contributed by atoms with Crippen LogP contribution in [0.1, 0.15) is 90.4 Å². The molecule has 19 heavy (non-hydrogen) atoms. The predicted octanol–water partition coefficient (Wildman–Crippen LogP) is 5.17. The molecule has 2 heteroatoms. The van der Waals surface area contributed by atoms with Gasteiger partial charge in [0.25, 0.3) is 0 Å². The molecule has 0 aromatic rings. The SMILES string of the molecule is CCCCCCCC#CCCCCCCCC(=O)O. The average Bonchev–Trinajstić information content (AvgIpc) is 2.39. The van der Waals surface area contributed by atoms with Gasteiger partial charge >= 0.3 is 5.97 Å². The van der Waals surface area contributed by atoms with Crippen molar-refractivity contribution in [1.29, 1.82) is 0 Å². The lowest BCUT2D eigenvalue weighted by Gasteiger charge is -1.97. The van der Waals surface area contributed by atoms with Crippen molar-refractivity contribution in [2.75, 3.05) is 0 Å². The number of hydrogen-bond acceptors (Lipinski definition) is 1. The second kappa shape index (κ2) is 15.1. The van der Waals surface area contributed by atoms with Gasteiger partial charge in [0.15, 0.2) is 0 Å². The molecule has 0 fully saturated rings. The number of carbonyl (C=O) groups is 1. The van der Waals surface area contributed by atoms with Crippen LogP contribution in [0, 0.1) is 11.8 Å². The molecule has 1 N–H and O–H groups in total. The Morgan fingerprint density at radius 3 is 1.79 bits per heavy atom. The monoisotopic (exact) mass is 266 g/mol. The van der Waals surface area contributed by atoms with Crippen molar-refractivity contribution in [3.63, 3.8) is 0 Å². The van der Waals surface area contributed by atoms with E-state index < -0.39 is 5.97 Å². The molecular formula is C17H30O2. The quantitative estimate of drug-likeness (QED) is 0.391. The van der Waals surface area contributed by atoms with E-state index in [1.165, 1.54) is 38.5 Å². The van der Waals surface area contributed by atoms with Crippen LogP contribution in [-0.4, -0.2) is 11.1 Å². The van der Waals surface area contributed by atoms with E-state index >= 15 is 0 Å². The van der Waals surface area contributed by atoms with Gasteiger partial charge in [-0.25, -0.2) is 0 Å². The molecule has 0 amide bonds. The summed E-state index contributed by atoms with van der Waals surface area (Å²) in [5, 5.41) is 8.49. The highest BCUT2D eigenvalue weighted by atomic mass is 16.4. The van der Waals surface area contributed by atoms with Gasteiger partial charge in [0.2, 0.25) is 0 Å². The van der Waals surface area contributed by atoms with E-state index in [0.717, 1.165) is 38.5 Å². The van der Waals surface area contributed by atoms with Crippen LogP contribution in [0.4, 0.5) is 0 Å². The Morgan fingerprint density at radius 2 is 1.26 bits per heavy atom. The molecule has 110 valence electrons. The molecular weight excluding hydrogens is 236 g/mol. The number of carboxylic acids is 1. The standard InChI is InChI=1S/C17H30O2/c1-2-3-4-5-6-7-8-9-10-11-12-13-14-15-16-17(18)19/h2-7,10-16H2,1H3,(H,18,19). The molecule has 0 saturated carbocycles. The highest BCUT2D eigenvalue weighted by Gasteiger charge is 1.95. The average molecular weight is 266 g/mol. The Bertz CT molecular complexity index is 260. The fraction of sp³-hybridized carbons (Fsp3) is 0.824. The van der Waals surface area contributed by atoms with E-state index in [1.54, 1.807) is 0 Å². The van der Waals surface area contributed by atoms with Gasteiger partial charge in [-0.3, -0.25) is 4.79 Å². The van der Waals surface area contributed by atoms with Gasteiger partial charge in [-0.1, -0.05) is 51.9 Å². The Kier molecular flexibility index (Phi) is 14.3. The molecule has 0 spiro atoms. The van der Waals surface area contributed by atoms with Gasteiger partial charge in [-0.15, -0.1) is 11.8 Å². The first-order chi connectivity index (χ1) is 9.27. The van der Waals surface area contributed by atoms with E-state index in [2.05, 4.69) is 18.8 Å². The van der Waals surface area contributed by atoms with Crippen molar-refractivity contribution in [1.82, 2.24) is 0 Å². The molecule has 0 aliphatic heterocycles. The first-order valence-electron chi connectivity index (χ1n) is 7.95. The van der Waals surface area contributed by atoms with Crippen LogP contribution < -0.4 is 0 Å². The lowest BCUT2D eigenvalue weighted by atomic mass is 10.1. The summed E-state index contributed by atoms with van der Waals surface area (Å²) in [5.41, 5.74) is 0. The normalized spacial score (nSPS) is 9.95. The minimum absolute atomic E-state index is 0.317. The summed E-state index contributed by atoms with van der Waals surface area (Å²) in [6.07, 6.45) is 14.3. The summed E-state index contributed by atoms with van der Waals surface area (Å²) < 4.78 is 0. The topological polar surface area (TPSA) is 37.3 Å². The largest absolute Gasteiger partial charge is 0.481 e.